The summed E-state index contributed by atoms with van der Waals surface area (Å²) in [5, 5.41) is 8.13. The Bertz CT molecular complexity index is 1140. The number of primary amides is 1. The monoisotopic (exact) mass is 452 g/mol. The average Bonchev–Trinajstić information content (AvgIpc) is 3.24. The van der Waals surface area contributed by atoms with Crippen LogP contribution >= 0.6 is 0 Å². The molecular weight excluding hydrogens is 420 g/mol. The highest BCUT2D eigenvalue weighted by Gasteiger charge is 2.56. The van der Waals surface area contributed by atoms with Crippen LogP contribution in [0.1, 0.15) is 68.6 Å². The van der Waals surface area contributed by atoms with Crippen molar-refractivity contribution in [2.24, 2.45) is 17.1 Å². The van der Waals surface area contributed by atoms with Crippen LogP contribution < -0.4 is 11.1 Å². The van der Waals surface area contributed by atoms with Crippen molar-refractivity contribution in [1.29, 1.82) is 0 Å². The molecule has 5 rings (SSSR count). The minimum Gasteiger partial charge on any atom is -0.364 e. The molecule has 9 nitrogen and oxygen atoms in total. The van der Waals surface area contributed by atoms with Gasteiger partial charge in [0.1, 0.15) is 12.6 Å². The van der Waals surface area contributed by atoms with Crippen molar-refractivity contribution in [2.75, 3.05) is 0 Å². The highest BCUT2D eigenvalue weighted by atomic mass is 16.2. The highest BCUT2D eigenvalue weighted by molar-refractivity contribution is 6.04. The van der Waals surface area contributed by atoms with E-state index >= 15 is 0 Å². The standard InChI is InChI=1S/C24H32N6O3/c1-13-7-16-19(11-26-13)29(28-21(16)22(25)32)12-20(31)30-17-8-14(17)9-18(30)23(33)27-15-5-4-6-24(2,3)10-15/h7,11,14-15,17-18H,4-6,8-10,12H2,1-3H3,(H2,25,32)(H,27,33)/t14-,15?,17-,18+/m1/s1. The lowest BCUT2D eigenvalue weighted by molar-refractivity contribution is -0.140. The summed E-state index contributed by atoms with van der Waals surface area (Å²) in [6, 6.07) is 1.59. The fourth-order valence-corrected chi connectivity index (χ4v) is 5.86. The van der Waals surface area contributed by atoms with Crippen molar-refractivity contribution in [3.05, 3.63) is 23.7 Å². The Kier molecular flexibility index (Phi) is 5.17. The molecule has 3 heterocycles. The van der Waals surface area contributed by atoms with Crippen LogP contribution in [-0.2, 0) is 16.1 Å². The molecule has 2 aromatic rings. The number of pyridine rings is 1. The van der Waals surface area contributed by atoms with Gasteiger partial charge in [-0.1, -0.05) is 20.3 Å². The summed E-state index contributed by atoms with van der Waals surface area (Å²) < 4.78 is 1.48. The number of hydrogen-bond donors (Lipinski definition) is 2. The predicted octanol–water partition coefficient (Wildman–Crippen LogP) is 1.91. The highest BCUT2D eigenvalue weighted by Crippen LogP contribution is 2.48. The summed E-state index contributed by atoms with van der Waals surface area (Å²) in [6.07, 6.45) is 7.51. The molecule has 3 fully saturated rings. The Hall–Kier alpha value is -2.97. The minimum atomic E-state index is -0.645. The lowest BCUT2D eigenvalue weighted by Gasteiger charge is -2.36. The van der Waals surface area contributed by atoms with Gasteiger partial charge < -0.3 is 16.0 Å². The van der Waals surface area contributed by atoms with Crippen molar-refractivity contribution in [3.8, 4) is 0 Å². The fourth-order valence-electron chi connectivity index (χ4n) is 5.86. The maximum absolute atomic E-state index is 13.4. The van der Waals surface area contributed by atoms with Crippen LogP contribution in [-0.4, -0.2) is 55.5 Å². The molecule has 2 aromatic heterocycles. The topological polar surface area (TPSA) is 123 Å². The summed E-state index contributed by atoms with van der Waals surface area (Å²) in [5.74, 6) is -0.455. The summed E-state index contributed by atoms with van der Waals surface area (Å²) >= 11 is 0. The first-order chi connectivity index (χ1) is 15.6. The number of piperidine rings is 1. The van der Waals surface area contributed by atoms with Gasteiger partial charge in [-0.25, -0.2) is 0 Å². The van der Waals surface area contributed by atoms with Crippen LogP contribution in [0.4, 0.5) is 0 Å². The average molecular weight is 453 g/mol. The van der Waals surface area contributed by atoms with Gasteiger partial charge in [-0.05, 0) is 56.4 Å². The molecule has 1 saturated heterocycles. The molecule has 3 N–H and O–H groups in total. The number of rotatable bonds is 5. The van der Waals surface area contributed by atoms with E-state index in [1.54, 1.807) is 17.2 Å². The Balaban J connectivity index is 1.34. The zero-order valence-corrected chi connectivity index (χ0v) is 19.5. The third-order valence-corrected chi connectivity index (χ3v) is 7.54. The molecule has 3 amide bonds. The number of carbonyl (C=O) groups is 3. The minimum absolute atomic E-state index is 0.0429. The molecule has 33 heavy (non-hydrogen) atoms. The van der Waals surface area contributed by atoms with Crippen LogP contribution in [0, 0.1) is 18.3 Å². The van der Waals surface area contributed by atoms with Gasteiger partial charge in [0, 0.05) is 23.2 Å². The summed E-state index contributed by atoms with van der Waals surface area (Å²) in [6.45, 7) is 6.26. The zero-order valence-electron chi connectivity index (χ0n) is 19.5. The van der Waals surface area contributed by atoms with Crippen molar-refractivity contribution in [2.45, 2.75) is 84.0 Å². The number of nitrogens with one attached hydrogen (secondary N) is 1. The molecule has 1 unspecified atom stereocenters. The van der Waals surface area contributed by atoms with Crippen LogP contribution in [0.15, 0.2) is 12.3 Å². The number of nitrogens with zero attached hydrogens (tertiary/aromatic N) is 4. The van der Waals surface area contributed by atoms with Crippen molar-refractivity contribution < 1.29 is 14.4 Å². The second-order valence-electron chi connectivity index (χ2n) is 10.8. The smallest absolute Gasteiger partial charge is 0.269 e. The molecule has 2 aliphatic carbocycles. The first-order valence-corrected chi connectivity index (χ1v) is 11.9. The SMILES string of the molecule is Cc1cc2c(C(N)=O)nn(CC(=O)N3[C@@H]4C[C@@H]4C[C@H]3C(=O)NC3CCCC(C)(C)C3)c2cn1. The molecule has 0 radical (unpaired) electrons. The van der Waals surface area contributed by atoms with Gasteiger partial charge in [-0.2, -0.15) is 5.10 Å². The van der Waals surface area contributed by atoms with Gasteiger partial charge >= 0.3 is 0 Å². The lowest BCUT2D eigenvalue weighted by atomic mass is 9.75. The van der Waals surface area contributed by atoms with E-state index in [2.05, 4.69) is 29.2 Å². The van der Waals surface area contributed by atoms with E-state index in [9.17, 15) is 14.4 Å². The first kappa shape index (κ1) is 21.9. The molecule has 176 valence electrons. The Morgan fingerprint density at radius 1 is 1.27 bits per heavy atom. The molecule has 2 saturated carbocycles. The van der Waals surface area contributed by atoms with Gasteiger partial charge in [-0.15, -0.1) is 0 Å². The van der Waals surface area contributed by atoms with Crippen LogP contribution in [0.5, 0.6) is 0 Å². The van der Waals surface area contributed by atoms with Crippen LogP contribution in [0.25, 0.3) is 10.9 Å². The van der Waals surface area contributed by atoms with E-state index in [-0.39, 0.29) is 41.6 Å². The number of nitrogens with two attached hydrogens (primary N) is 1. The van der Waals surface area contributed by atoms with Crippen LogP contribution in [0.3, 0.4) is 0 Å². The first-order valence-electron chi connectivity index (χ1n) is 11.9. The molecule has 4 atom stereocenters. The second kappa shape index (κ2) is 7.81. The summed E-state index contributed by atoms with van der Waals surface area (Å²) in [4.78, 5) is 44.5. The van der Waals surface area contributed by atoms with E-state index in [0.29, 0.717) is 23.2 Å². The quantitative estimate of drug-likeness (QED) is 0.717. The second-order valence-corrected chi connectivity index (χ2v) is 10.8. The van der Waals surface area contributed by atoms with Crippen molar-refractivity contribution in [1.82, 2.24) is 25.0 Å². The van der Waals surface area contributed by atoms with Gasteiger partial charge in [0.15, 0.2) is 5.69 Å². The van der Waals surface area contributed by atoms with E-state index in [1.165, 1.54) is 11.1 Å². The van der Waals surface area contributed by atoms with Gasteiger partial charge in [0.25, 0.3) is 5.91 Å². The molecule has 9 heteroatoms. The predicted molar refractivity (Wildman–Crippen MR) is 122 cm³/mol. The number of amides is 3. The van der Waals surface area contributed by atoms with Gasteiger partial charge in [0.2, 0.25) is 11.8 Å². The molecule has 3 aliphatic rings. The largest absolute Gasteiger partial charge is 0.364 e. The molecule has 1 aliphatic heterocycles. The van der Waals surface area contributed by atoms with Crippen molar-refractivity contribution in [3.63, 3.8) is 0 Å². The number of carbonyl (C=O) groups excluding carboxylic acids is 3. The maximum atomic E-state index is 13.4. The molecule has 0 aromatic carbocycles. The molecular formula is C24H32N6O3. The number of aromatic nitrogens is 3. The summed E-state index contributed by atoms with van der Waals surface area (Å²) in [7, 11) is 0. The van der Waals surface area contributed by atoms with E-state index in [1.807, 2.05) is 6.92 Å². The van der Waals surface area contributed by atoms with Gasteiger partial charge in [0.05, 0.1) is 11.7 Å². The third kappa shape index (κ3) is 4.09. The number of hydrogen-bond acceptors (Lipinski definition) is 5. The lowest BCUT2D eigenvalue weighted by Crippen LogP contribution is -2.52. The summed E-state index contributed by atoms with van der Waals surface area (Å²) in [5.41, 5.74) is 7.19. The molecule has 0 spiro atoms. The Morgan fingerprint density at radius 2 is 2.06 bits per heavy atom. The Labute approximate surface area is 193 Å². The zero-order chi connectivity index (χ0) is 23.5. The number of aryl methyl sites for hydroxylation is 1. The number of likely N-dealkylation sites (tertiary alicyclic amines) is 1. The van der Waals surface area contributed by atoms with E-state index in [4.69, 9.17) is 5.73 Å². The van der Waals surface area contributed by atoms with E-state index < -0.39 is 11.9 Å². The Morgan fingerprint density at radius 3 is 2.79 bits per heavy atom. The van der Waals surface area contributed by atoms with E-state index in [0.717, 1.165) is 31.4 Å². The van der Waals surface area contributed by atoms with Crippen LogP contribution in [0.2, 0.25) is 0 Å². The maximum Gasteiger partial charge on any atom is 0.269 e. The van der Waals surface area contributed by atoms with Crippen molar-refractivity contribution >= 4 is 28.6 Å². The molecule has 0 bridgehead atoms. The third-order valence-electron chi connectivity index (χ3n) is 7.54. The number of fused-ring (bicyclic) bond motifs is 2. The fraction of sp³-hybridized carbons (Fsp3) is 0.625. The van der Waals surface area contributed by atoms with Gasteiger partial charge in [-0.3, -0.25) is 24.0 Å². The normalized spacial score (nSPS) is 27.9.